The van der Waals surface area contributed by atoms with Crippen LogP contribution in [0, 0.1) is 5.92 Å². The molecule has 0 spiro atoms. The summed E-state index contributed by atoms with van der Waals surface area (Å²) < 4.78 is 26.6. The predicted octanol–water partition coefficient (Wildman–Crippen LogP) is 1.35. The SMILES string of the molecule is CN(c1ncnc2[nH]ccc12)[C@H]1CC[C@H](CS(=O)(=O)N2CC[C@@H](O)C2)CC1. The van der Waals surface area contributed by atoms with Crippen molar-refractivity contribution in [3.05, 3.63) is 18.6 Å². The Bertz CT molecular complexity index is 891. The molecule has 0 unspecified atom stereocenters. The third kappa shape index (κ3) is 3.81. The van der Waals surface area contributed by atoms with Gasteiger partial charge in [0.2, 0.25) is 10.0 Å². The Morgan fingerprint density at radius 2 is 2.04 bits per heavy atom. The van der Waals surface area contributed by atoms with E-state index < -0.39 is 16.1 Å². The topological polar surface area (TPSA) is 102 Å². The minimum Gasteiger partial charge on any atom is -0.392 e. The molecule has 2 aromatic heterocycles. The highest BCUT2D eigenvalue weighted by Gasteiger charge is 2.34. The zero-order valence-electron chi connectivity index (χ0n) is 15.6. The molecule has 2 fully saturated rings. The van der Waals surface area contributed by atoms with Crippen LogP contribution in [0.5, 0.6) is 0 Å². The van der Waals surface area contributed by atoms with Crippen LogP contribution in [-0.4, -0.2) is 70.8 Å². The fourth-order valence-corrected chi connectivity index (χ4v) is 6.30. The van der Waals surface area contributed by atoms with Gasteiger partial charge in [0, 0.05) is 32.4 Å². The average Bonchev–Trinajstić information content (AvgIpc) is 3.30. The summed E-state index contributed by atoms with van der Waals surface area (Å²) in [5.41, 5.74) is 0.833. The van der Waals surface area contributed by atoms with Gasteiger partial charge in [-0.05, 0) is 44.1 Å². The van der Waals surface area contributed by atoms with Gasteiger partial charge in [-0.25, -0.2) is 18.4 Å². The molecule has 1 aliphatic carbocycles. The highest BCUT2D eigenvalue weighted by Crippen LogP contribution is 2.32. The van der Waals surface area contributed by atoms with Crippen LogP contribution in [-0.2, 0) is 10.0 Å². The van der Waals surface area contributed by atoms with Gasteiger partial charge in [-0.3, -0.25) is 0 Å². The third-order valence-corrected chi connectivity index (χ3v) is 8.01. The Morgan fingerprint density at radius 3 is 2.74 bits per heavy atom. The van der Waals surface area contributed by atoms with Gasteiger partial charge in [0.25, 0.3) is 0 Å². The fraction of sp³-hybridized carbons (Fsp3) is 0.667. The van der Waals surface area contributed by atoms with E-state index in [0.29, 0.717) is 19.0 Å². The van der Waals surface area contributed by atoms with Crippen molar-refractivity contribution in [1.29, 1.82) is 0 Å². The van der Waals surface area contributed by atoms with Gasteiger partial charge in [0.05, 0.1) is 17.2 Å². The maximum atomic E-state index is 12.6. The van der Waals surface area contributed by atoms with Gasteiger partial charge in [-0.15, -0.1) is 0 Å². The second kappa shape index (κ2) is 7.37. The number of hydrogen-bond acceptors (Lipinski definition) is 6. The number of aromatic amines is 1. The molecule has 0 aromatic carbocycles. The zero-order valence-corrected chi connectivity index (χ0v) is 16.4. The molecule has 2 N–H and O–H groups in total. The van der Waals surface area contributed by atoms with Crippen LogP contribution in [0.3, 0.4) is 0 Å². The van der Waals surface area contributed by atoms with E-state index in [1.54, 1.807) is 6.33 Å². The number of H-pyrrole nitrogens is 1. The van der Waals surface area contributed by atoms with Gasteiger partial charge in [0.15, 0.2) is 0 Å². The lowest BCUT2D eigenvalue weighted by atomic mass is 9.86. The monoisotopic (exact) mass is 393 g/mol. The number of nitrogens with zero attached hydrogens (tertiary/aromatic N) is 4. The minimum atomic E-state index is -3.27. The van der Waals surface area contributed by atoms with E-state index >= 15 is 0 Å². The van der Waals surface area contributed by atoms with E-state index in [9.17, 15) is 13.5 Å². The number of fused-ring (bicyclic) bond motifs is 1. The zero-order chi connectivity index (χ0) is 19.0. The van der Waals surface area contributed by atoms with Crippen molar-refractivity contribution >= 4 is 26.9 Å². The van der Waals surface area contributed by atoms with Crippen LogP contribution >= 0.6 is 0 Å². The van der Waals surface area contributed by atoms with Crippen LogP contribution in [0.1, 0.15) is 32.1 Å². The van der Waals surface area contributed by atoms with Gasteiger partial charge >= 0.3 is 0 Å². The smallest absolute Gasteiger partial charge is 0.214 e. The number of aromatic nitrogens is 3. The molecule has 0 radical (unpaired) electrons. The van der Waals surface area contributed by atoms with Crippen molar-refractivity contribution in [2.24, 2.45) is 5.92 Å². The molecule has 0 bridgehead atoms. The highest BCUT2D eigenvalue weighted by atomic mass is 32.2. The molecule has 1 saturated heterocycles. The Balaban J connectivity index is 1.37. The Kier molecular flexibility index (Phi) is 5.09. The lowest BCUT2D eigenvalue weighted by molar-refractivity contribution is 0.189. The van der Waals surface area contributed by atoms with Crippen LogP contribution in [0.4, 0.5) is 5.82 Å². The molecule has 9 heteroatoms. The summed E-state index contributed by atoms with van der Waals surface area (Å²) in [6.45, 7) is 0.697. The second-order valence-corrected chi connectivity index (χ2v) is 9.82. The largest absolute Gasteiger partial charge is 0.392 e. The number of β-amino-alcohol motifs (C(OH)–C–C–N with tert-alkyl or cyclic N) is 1. The lowest BCUT2D eigenvalue weighted by Gasteiger charge is -2.35. The molecule has 27 heavy (non-hydrogen) atoms. The molecule has 1 aliphatic heterocycles. The van der Waals surface area contributed by atoms with Crippen LogP contribution in [0.25, 0.3) is 11.0 Å². The standard InChI is InChI=1S/C18H27N5O3S/c1-22(18-16-6-8-19-17(16)20-12-21-18)14-4-2-13(3-5-14)11-27(25,26)23-9-7-15(24)10-23/h6,8,12-15,24H,2-5,7,9-11H2,1H3,(H,19,20,21)/t13-,14-,15-/m1/s1. The van der Waals surface area contributed by atoms with Gasteiger partial charge in [-0.1, -0.05) is 0 Å². The molecule has 4 rings (SSSR count). The van der Waals surface area contributed by atoms with Crippen LogP contribution in [0.15, 0.2) is 18.6 Å². The highest BCUT2D eigenvalue weighted by molar-refractivity contribution is 7.89. The average molecular weight is 394 g/mol. The quantitative estimate of drug-likeness (QED) is 0.795. The van der Waals surface area contributed by atoms with Gasteiger partial charge in [-0.2, -0.15) is 4.31 Å². The summed E-state index contributed by atoms with van der Waals surface area (Å²) in [5.74, 6) is 1.31. The van der Waals surface area contributed by atoms with E-state index in [0.717, 1.165) is 42.5 Å². The third-order valence-electron chi connectivity index (χ3n) is 6.00. The van der Waals surface area contributed by atoms with Crippen molar-refractivity contribution in [2.75, 3.05) is 30.8 Å². The molecular formula is C18H27N5O3S. The van der Waals surface area contributed by atoms with E-state index in [2.05, 4.69) is 26.9 Å². The maximum absolute atomic E-state index is 12.6. The number of aliphatic hydroxyl groups is 1. The minimum absolute atomic E-state index is 0.190. The molecule has 148 valence electrons. The molecule has 3 heterocycles. The number of nitrogens with one attached hydrogen (secondary N) is 1. The number of hydrogen-bond donors (Lipinski definition) is 2. The maximum Gasteiger partial charge on any atom is 0.214 e. The number of rotatable bonds is 5. The summed E-state index contributed by atoms with van der Waals surface area (Å²) in [4.78, 5) is 14.0. The Hall–Kier alpha value is -1.71. The van der Waals surface area contributed by atoms with Crippen molar-refractivity contribution < 1.29 is 13.5 Å². The molecule has 0 amide bonds. The number of aliphatic hydroxyl groups excluding tert-OH is 1. The normalized spacial score (nSPS) is 27.3. The number of anilines is 1. The van der Waals surface area contributed by atoms with Crippen molar-refractivity contribution in [3.8, 4) is 0 Å². The van der Waals surface area contributed by atoms with Crippen LogP contribution in [0.2, 0.25) is 0 Å². The summed E-state index contributed by atoms with van der Waals surface area (Å²) in [6.07, 6.45) is 7.18. The summed E-state index contributed by atoms with van der Waals surface area (Å²) >= 11 is 0. The Morgan fingerprint density at radius 1 is 1.26 bits per heavy atom. The first-order valence-electron chi connectivity index (χ1n) is 9.61. The van der Waals surface area contributed by atoms with Gasteiger partial charge in [0.1, 0.15) is 17.8 Å². The first-order valence-corrected chi connectivity index (χ1v) is 11.2. The van der Waals surface area contributed by atoms with Crippen molar-refractivity contribution in [2.45, 2.75) is 44.2 Å². The summed E-state index contributed by atoms with van der Waals surface area (Å²) in [5, 5.41) is 10.6. The van der Waals surface area contributed by atoms with Gasteiger partial charge < -0.3 is 15.0 Å². The summed E-state index contributed by atoms with van der Waals surface area (Å²) in [6, 6.07) is 2.34. The van der Waals surface area contributed by atoms with E-state index in [4.69, 9.17) is 0 Å². The fourth-order valence-electron chi connectivity index (χ4n) is 4.38. The molecule has 2 aromatic rings. The first kappa shape index (κ1) is 18.6. The van der Waals surface area contributed by atoms with E-state index in [1.807, 2.05) is 12.3 Å². The predicted molar refractivity (Wildman–Crippen MR) is 104 cm³/mol. The van der Waals surface area contributed by atoms with E-state index in [1.165, 1.54) is 4.31 Å². The molecule has 2 aliphatic rings. The van der Waals surface area contributed by atoms with Crippen molar-refractivity contribution in [1.82, 2.24) is 19.3 Å². The number of sulfonamides is 1. The lowest BCUT2D eigenvalue weighted by Crippen LogP contribution is -2.39. The first-order chi connectivity index (χ1) is 12.9. The molecule has 1 atom stereocenters. The molecule has 1 saturated carbocycles. The molecule has 8 nitrogen and oxygen atoms in total. The summed E-state index contributed by atoms with van der Waals surface area (Å²) in [7, 11) is -1.21. The van der Waals surface area contributed by atoms with E-state index in [-0.39, 0.29) is 18.2 Å². The second-order valence-electron chi connectivity index (χ2n) is 7.80. The van der Waals surface area contributed by atoms with Crippen molar-refractivity contribution in [3.63, 3.8) is 0 Å². The molecular weight excluding hydrogens is 366 g/mol. The Labute approximate surface area is 159 Å². The van der Waals surface area contributed by atoms with Crippen LogP contribution < -0.4 is 4.90 Å².